The van der Waals surface area contributed by atoms with Crippen molar-refractivity contribution in [3.05, 3.63) is 29.3 Å². The van der Waals surface area contributed by atoms with E-state index in [0.717, 1.165) is 5.56 Å². The number of benzene rings is 1. The Kier molecular flexibility index (Phi) is 6.72. The molecule has 1 N–H and O–H groups in total. The maximum atomic E-state index is 11.5. The van der Waals surface area contributed by atoms with Crippen molar-refractivity contribution in [2.75, 3.05) is 19.8 Å². The Balaban J connectivity index is 2.43. The highest BCUT2D eigenvalue weighted by molar-refractivity contribution is 5.80. The third-order valence-electron chi connectivity index (χ3n) is 2.96. The van der Waals surface area contributed by atoms with Crippen molar-refractivity contribution < 1.29 is 19.1 Å². The van der Waals surface area contributed by atoms with Gasteiger partial charge in [-0.25, -0.2) is 4.79 Å². The highest BCUT2D eigenvalue weighted by atomic mass is 16.6. The molecular formula is C16H23NO4. The van der Waals surface area contributed by atoms with Crippen LogP contribution in [0.5, 0.6) is 5.75 Å². The Labute approximate surface area is 125 Å². The summed E-state index contributed by atoms with van der Waals surface area (Å²) in [5.74, 6) is 0.183. The van der Waals surface area contributed by atoms with Crippen LogP contribution in [0.4, 0.5) is 0 Å². The van der Waals surface area contributed by atoms with Crippen molar-refractivity contribution >= 4 is 11.9 Å². The molecular weight excluding hydrogens is 270 g/mol. The molecule has 1 amide bonds. The summed E-state index contributed by atoms with van der Waals surface area (Å²) >= 11 is 0. The van der Waals surface area contributed by atoms with Crippen LogP contribution in [-0.4, -0.2) is 31.6 Å². The number of likely N-dealkylation sites (N-methyl/N-ethyl adjacent to an activating group) is 1. The number of nitrogens with one attached hydrogen (secondary N) is 1. The van der Waals surface area contributed by atoms with Gasteiger partial charge in [0.1, 0.15) is 5.75 Å². The number of carbonyl (C=O) groups excluding carboxylic acids is 2. The van der Waals surface area contributed by atoms with E-state index in [0.29, 0.717) is 18.2 Å². The van der Waals surface area contributed by atoms with Gasteiger partial charge in [-0.2, -0.15) is 0 Å². The summed E-state index contributed by atoms with van der Waals surface area (Å²) in [4.78, 5) is 22.6. The van der Waals surface area contributed by atoms with Gasteiger partial charge in [0.05, 0.1) is 0 Å². The summed E-state index contributed by atoms with van der Waals surface area (Å²) < 4.78 is 10.2. The van der Waals surface area contributed by atoms with Crippen molar-refractivity contribution in [3.8, 4) is 5.75 Å². The zero-order valence-electron chi connectivity index (χ0n) is 13.1. The first kappa shape index (κ1) is 17.0. The van der Waals surface area contributed by atoms with Gasteiger partial charge in [0.25, 0.3) is 5.91 Å². The van der Waals surface area contributed by atoms with Crippen molar-refractivity contribution in [2.24, 2.45) is 0 Å². The zero-order valence-corrected chi connectivity index (χ0v) is 13.1. The number of hydrogen-bond acceptors (Lipinski definition) is 4. The minimum absolute atomic E-state index is 0.208. The monoisotopic (exact) mass is 293 g/mol. The number of aryl methyl sites for hydroxylation is 1. The lowest BCUT2D eigenvalue weighted by Crippen LogP contribution is -2.29. The normalized spacial score (nSPS) is 10.3. The van der Waals surface area contributed by atoms with E-state index in [1.54, 1.807) is 6.92 Å². The summed E-state index contributed by atoms with van der Waals surface area (Å²) in [5, 5.41) is 2.54. The fourth-order valence-corrected chi connectivity index (χ4v) is 1.96. The summed E-state index contributed by atoms with van der Waals surface area (Å²) in [5.41, 5.74) is 2.37. The fraction of sp³-hybridized carbons (Fsp3) is 0.500. The Bertz CT molecular complexity index is 497. The second-order valence-electron chi connectivity index (χ2n) is 5.08. The van der Waals surface area contributed by atoms with E-state index >= 15 is 0 Å². The van der Waals surface area contributed by atoms with Gasteiger partial charge in [0.15, 0.2) is 13.2 Å². The Morgan fingerprint density at radius 3 is 2.52 bits per heavy atom. The van der Waals surface area contributed by atoms with Gasteiger partial charge >= 0.3 is 5.97 Å². The summed E-state index contributed by atoms with van der Waals surface area (Å²) in [6.45, 7) is 8.08. The highest BCUT2D eigenvalue weighted by Gasteiger charge is 2.09. The third kappa shape index (κ3) is 5.85. The lowest BCUT2D eigenvalue weighted by atomic mass is 9.98. The molecule has 0 radical (unpaired) electrons. The molecule has 0 aliphatic rings. The number of hydrogen-bond donors (Lipinski definition) is 1. The van der Waals surface area contributed by atoms with Gasteiger partial charge in [0, 0.05) is 6.54 Å². The minimum atomic E-state index is -0.563. The minimum Gasteiger partial charge on any atom is -0.482 e. The molecule has 0 aromatic heterocycles. The molecule has 0 saturated heterocycles. The molecule has 0 aliphatic carbocycles. The van der Waals surface area contributed by atoms with Gasteiger partial charge < -0.3 is 14.8 Å². The number of esters is 1. The molecule has 0 bridgehead atoms. The molecule has 1 aromatic carbocycles. The van der Waals surface area contributed by atoms with E-state index in [2.05, 4.69) is 19.2 Å². The van der Waals surface area contributed by atoms with E-state index in [1.165, 1.54) is 5.56 Å². The molecule has 0 aliphatic heterocycles. The third-order valence-corrected chi connectivity index (χ3v) is 2.96. The van der Waals surface area contributed by atoms with Crippen LogP contribution in [0.25, 0.3) is 0 Å². The van der Waals surface area contributed by atoms with Gasteiger partial charge in [-0.15, -0.1) is 0 Å². The molecule has 116 valence electrons. The van der Waals surface area contributed by atoms with Crippen molar-refractivity contribution in [1.82, 2.24) is 5.32 Å². The SMILES string of the molecule is CCNC(=O)COC(=O)COc1ccc(C(C)C)c(C)c1. The maximum absolute atomic E-state index is 11.5. The van der Waals surface area contributed by atoms with Crippen molar-refractivity contribution in [2.45, 2.75) is 33.6 Å². The number of carbonyl (C=O) groups is 2. The van der Waals surface area contributed by atoms with Gasteiger partial charge in [-0.1, -0.05) is 19.9 Å². The quantitative estimate of drug-likeness (QED) is 0.783. The van der Waals surface area contributed by atoms with E-state index in [1.807, 2.05) is 25.1 Å². The first-order valence-corrected chi connectivity index (χ1v) is 7.09. The van der Waals surface area contributed by atoms with Gasteiger partial charge in [0.2, 0.25) is 0 Å². The molecule has 0 fully saturated rings. The van der Waals surface area contributed by atoms with Crippen molar-refractivity contribution in [3.63, 3.8) is 0 Å². The first-order valence-electron chi connectivity index (χ1n) is 7.09. The Hall–Kier alpha value is -2.04. The topological polar surface area (TPSA) is 64.6 Å². The van der Waals surface area contributed by atoms with Crippen LogP contribution in [0.1, 0.15) is 37.8 Å². The summed E-state index contributed by atoms with van der Waals surface area (Å²) in [7, 11) is 0. The average molecular weight is 293 g/mol. The predicted octanol–water partition coefficient (Wildman–Crippen LogP) is 2.18. The lowest BCUT2D eigenvalue weighted by molar-refractivity contribution is -0.150. The predicted molar refractivity (Wildman–Crippen MR) is 80.4 cm³/mol. The summed E-state index contributed by atoms with van der Waals surface area (Å²) in [6.07, 6.45) is 0. The van der Waals surface area contributed by atoms with E-state index < -0.39 is 5.97 Å². The van der Waals surface area contributed by atoms with E-state index in [9.17, 15) is 9.59 Å². The molecule has 0 unspecified atom stereocenters. The van der Waals surface area contributed by atoms with Gasteiger partial charge in [-0.05, 0) is 43.0 Å². The molecule has 1 aromatic rings. The molecule has 1 rings (SSSR count). The van der Waals surface area contributed by atoms with E-state index in [-0.39, 0.29) is 19.1 Å². The highest BCUT2D eigenvalue weighted by Crippen LogP contribution is 2.23. The van der Waals surface area contributed by atoms with E-state index in [4.69, 9.17) is 9.47 Å². The number of amides is 1. The molecule has 0 spiro atoms. The molecule has 21 heavy (non-hydrogen) atoms. The Morgan fingerprint density at radius 2 is 1.95 bits per heavy atom. The maximum Gasteiger partial charge on any atom is 0.344 e. The van der Waals surface area contributed by atoms with Crippen molar-refractivity contribution in [1.29, 1.82) is 0 Å². The second-order valence-corrected chi connectivity index (χ2v) is 5.08. The van der Waals surface area contributed by atoms with Gasteiger partial charge in [-0.3, -0.25) is 4.79 Å². The van der Waals surface area contributed by atoms with Crippen LogP contribution in [0.15, 0.2) is 18.2 Å². The number of rotatable bonds is 7. The smallest absolute Gasteiger partial charge is 0.344 e. The Morgan fingerprint density at radius 1 is 1.24 bits per heavy atom. The van der Waals surface area contributed by atoms with Crippen LogP contribution in [0.3, 0.4) is 0 Å². The molecule has 0 heterocycles. The fourth-order valence-electron chi connectivity index (χ4n) is 1.96. The first-order chi connectivity index (χ1) is 9.93. The molecule has 5 heteroatoms. The summed E-state index contributed by atoms with van der Waals surface area (Å²) in [6, 6.07) is 5.72. The lowest BCUT2D eigenvalue weighted by Gasteiger charge is -2.12. The van der Waals surface area contributed by atoms with Crippen LogP contribution in [0.2, 0.25) is 0 Å². The van der Waals surface area contributed by atoms with Crippen LogP contribution in [0, 0.1) is 6.92 Å². The second kappa shape index (κ2) is 8.29. The molecule has 5 nitrogen and oxygen atoms in total. The standard InChI is InChI=1S/C16H23NO4/c1-5-17-15(18)9-21-16(19)10-20-13-6-7-14(11(2)3)12(4)8-13/h6-8,11H,5,9-10H2,1-4H3,(H,17,18). The van der Waals surface area contributed by atoms with Crippen LogP contribution < -0.4 is 10.1 Å². The zero-order chi connectivity index (χ0) is 15.8. The largest absolute Gasteiger partial charge is 0.482 e. The number of ether oxygens (including phenoxy) is 2. The molecule has 0 atom stereocenters. The van der Waals surface area contributed by atoms with Crippen LogP contribution in [-0.2, 0) is 14.3 Å². The molecule has 0 saturated carbocycles. The van der Waals surface area contributed by atoms with Crippen LogP contribution >= 0.6 is 0 Å². The average Bonchev–Trinajstić information content (AvgIpc) is 2.43.